The number of benzene rings is 1. The lowest BCUT2D eigenvalue weighted by Crippen LogP contribution is -2.44. The number of hydrogen-bond donors (Lipinski definition) is 1. The average Bonchev–Trinajstić information content (AvgIpc) is 2.53. The maximum absolute atomic E-state index is 12.6. The standard InChI is InChI=1S/C20H26O4/c1-5-14-7-9-15(10-8-14)20(23,18(22)24-6-2)16-11-12-19(3,4)13-17(16)21/h7-11,23H,5-6,12-13H2,1-4H3. The number of aliphatic hydroxyl groups is 1. The van der Waals surface area contributed by atoms with Crippen molar-refractivity contribution in [1.82, 2.24) is 0 Å². The van der Waals surface area contributed by atoms with Gasteiger partial charge in [0, 0.05) is 12.0 Å². The first-order chi connectivity index (χ1) is 11.2. The molecule has 0 aromatic heterocycles. The smallest absolute Gasteiger partial charge is 0.347 e. The van der Waals surface area contributed by atoms with E-state index in [1.165, 1.54) is 0 Å². The number of carbonyl (C=O) groups excluding carboxylic acids is 2. The molecule has 0 heterocycles. The van der Waals surface area contributed by atoms with E-state index in [1.807, 2.05) is 32.9 Å². The minimum atomic E-state index is -2.05. The normalized spacial score (nSPS) is 19.4. The summed E-state index contributed by atoms with van der Waals surface area (Å²) in [5.41, 5.74) is -0.616. The van der Waals surface area contributed by atoms with Crippen molar-refractivity contribution < 1.29 is 19.4 Å². The van der Waals surface area contributed by atoms with Crippen molar-refractivity contribution in [1.29, 1.82) is 0 Å². The molecule has 0 saturated carbocycles. The first-order valence-electron chi connectivity index (χ1n) is 8.47. The number of Topliss-reactive ketones (excluding diaryl/α,β-unsaturated/α-hetero) is 1. The molecule has 0 aliphatic heterocycles. The second-order valence-electron chi connectivity index (χ2n) is 7.07. The zero-order valence-electron chi connectivity index (χ0n) is 14.9. The highest BCUT2D eigenvalue weighted by atomic mass is 16.5. The molecular weight excluding hydrogens is 304 g/mol. The summed E-state index contributed by atoms with van der Waals surface area (Å²) >= 11 is 0. The number of ketones is 1. The van der Waals surface area contributed by atoms with Crippen LogP contribution in [0.3, 0.4) is 0 Å². The first kappa shape index (κ1) is 18.4. The van der Waals surface area contributed by atoms with E-state index in [4.69, 9.17) is 4.74 Å². The second kappa shape index (κ2) is 6.89. The van der Waals surface area contributed by atoms with Gasteiger partial charge in [-0.15, -0.1) is 0 Å². The van der Waals surface area contributed by atoms with Crippen LogP contribution in [0.4, 0.5) is 0 Å². The molecular formula is C20H26O4. The summed E-state index contributed by atoms with van der Waals surface area (Å²) in [5, 5.41) is 11.2. The molecule has 1 atom stereocenters. The SMILES string of the molecule is CCOC(=O)C(O)(C1=CCC(C)(C)CC1=O)c1ccc(CC)cc1. The van der Waals surface area contributed by atoms with E-state index in [1.54, 1.807) is 25.1 Å². The number of carbonyl (C=O) groups is 2. The molecule has 1 aliphatic carbocycles. The van der Waals surface area contributed by atoms with Crippen LogP contribution < -0.4 is 0 Å². The Morgan fingerprint density at radius 1 is 1.25 bits per heavy atom. The van der Waals surface area contributed by atoms with Crippen LogP contribution in [0.15, 0.2) is 35.9 Å². The lowest BCUT2D eigenvalue weighted by Gasteiger charge is -2.34. The van der Waals surface area contributed by atoms with Gasteiger partial charge in [-0.1, -0.05) is 51.1 Å². The maximum atomic E-state index is 12.6. The lowest BCUT2D eigenvalue weighted by atomic mass is 9.72. The van der Waals surface area contributed by atoms with Crippen LogP contribution >= 0.6 is 0 Å². The first-order valence-corrected chi connectivity index (χ1v) is 8.47. The van der Waals surface area contributed by atoms with Gasteiger partial charge in [-0.3, -0.25) is 4.79 Å². The van der Waals surface area contributed by atoms with Gasteiger partial charge < -0.3 is 9.84 Å². The summed E-state index contributed by atoms with van der Waals surface area (Å²) in [4.78, 5) is 25.2. The molecule has 0 spiro atoms. The predicted octanol–water partition coefficient (Wildman–Crippen LogP) is 3.32. The molecule has 130 valence electrons. The molecule has 0 amide bonds. The molecule has 4 heteroatoms. The summed E-state index contributed by atoms with van der Waals surface area (Å²) in [5.74, 6) is -1.00. The highest BCUT2D eigenvalue weighted by molar-refractivity contribution is 6.05. The van der Waals surface area contributed by atoms with E-state index in [0.29, 0.717) is 18.4 Å². The third-order valence-electron chi connectivity index (χ3n) is 4.54. The van der Waals surface area contributed by atoms with E-state index in [9.17, 15) is 14.7 Å². The Kier molecular flexibility index (Phi) is 5.29. The Morgan fingerprint density at radius 3 is 2.38 bits per heavy atom. The van der Waals surface area contributed by atoms with Crippen LogP contribution in [0.1, 0.15) is 51.7 Å². The average molecular weight is 330 g/mol. The zero-order valence-corrected chi connectivity index (χ0v) is 14.9. The molecule has 2 rings (SSSR count). The molecule has 1 N–H and O–H groups in total. The van der Waals surface area contributed by atoms with Gasteiger partial charge in [-0.05, 0) is 36.3 Å². The number of hydrogen-bond acceptors (Lipinski definition) is 4. The Hall–Kier alpha value is -1.94. The molecule has 0 fully saturated rings. The van der Waals surface area contributed by atoms with Crippen LogP contribution in [-0.4, -0.2) is 23.5 Å². The predicted molar refractivity (Wildman–Crippen MR) is 92.5 cm³/mol. The number of aryl methyl sites for hydroxylation is 1. The highest BCUT2D eigenvalue weighted by Crippen LogP contribution is 2.40. The van der Waals surface area contributed by atoms with Crippen molar-refractivity contribution in [3.63, 3.8) is 0 Å². The molecule has 1 aromatic carbocycles. The molecule has 1 unspecified atom stereocenters. The molecule has 24 heavy (non-hydrogen) atoms. The Labute approximate surface area is 143 Å². The summed E-state index contributed by atoms with van der Waals surface area (Å²) in [6.45, 7) is 7.84. The van der Waals surface area contributed by atoms with Crippen molar-refractivity contribution in [3.8, 4) is 0 Å². The van der Waals surface area contributed by atoms with E-state index in [-0.39, 0.29) is 23.4 Å². The van der Waals surface area contributed by atoms with E-state index in [0.717, 1.165) is 12.0 Å². The van der Waals surface area contributed by atoms with Crippen molar-refractivity contribution in [2.75, 3.05) is 6.61 Å². The molecule has 1 aromatic rings. The number of esters is 1. The quantitative estimate of drug-likeness (QED) is 0.841. The summed E-state index contributed by atoms with van der Waals surface area (Å²) in [6, 6.07) is 7.11. The summed E-state index contributed by atoms with van der Waals surface area (Å²) in [7, 11) is 0. The summed E-state index contributed by atoms with van der Waals surface area (Å²) in [6.07, 6.45) is 3.47. The van der Waals surface area contributed by atoms with Crippen molar-refractivity contribution >= 4 is 11.8 Å². The molecule has 0 bridgehead atoms. The van der Waals surface area contributed by atoms with Gasteiger partial charge in [0.05, 0.1) is 6.61 Å². The fourth-order valence-corrected chi connectivity index (χ4v) is 3.04. The Balaban J connectivity index is 2.53. The third kappa shape index (κ3) is 3.44. The van der Waals surface area contributed by atoms with Crippen LogP contribution in [0.25, 0.3) is 0 Å². The van der Waals surface area contributed by atoms with Gasteiger partial charge in [-0.2, -0.15) is 0 Å². The van der Waals surface area contributed by atoms with Crippen LogP contribution in [0, 0.1) is 5.41 Å². The van der Waals surface area contributed by atoms with E-state index in [2.05, 4.69) is 0 Å². The van der Waals surface area contributed by atoms with Crippen LogP contribution in [0.2, 0.25) is 0 Å². The van der Waals surface area contributed by atoms with Gasteiger partial charge in [0.1, 0.15) is 0 Å². The lowest BCUT2D eigenvalue weighted by molar-refractivity contribution is -0.163. The fraction of sp³-hybridized carbons (Fsp3) is 0.500. The highest BCUT2D eigenvalue weighted by Gasteiger charge is 2.48. The molecule has 1 aliphatic rings. The maximum Gasteiger partial charge on any atom is 0.347 e. The van der Waals surface area contributed by atoms with E-state index < -0.39 is 11.6 Å². The Morgan fingerprint density at radius 2 is 1.88 bits per heavy atom. The Bertz CT molecular complexity index is 655. The number of ether oxygens (including phenoxy) is 1. The zero-order chi connectivity index (χ0) is 18.0. The minimum Gasteiger partial charge on any atom is -0.463 e. The molecule has 0 radical (unpaired) electrons. The molecule has 0 saturated heterocycles. The monoisotopic (exact) mass is 330 g/mol. The largest absolute Gasteiger partial charge is 0.463 e. The van der Waals surface area contributed by atoms with Gasteiger partial charge in [-0.25, -0.2) is 4.79 Å². The second-order valence-corrected chi connectivity index (χ2v) is 7.07. The summed E-state index contributed by atoms with van der Waals surface area (Å²) < 4.78 is 5.09. The third-order valence-corrected chi connectivity index (χ3v) is 4.54. The van der Waals surface area contributed by atoms with E-state index >= 15 is 0 Å². The van der Waals surface area contributed by atoms with Crippen molar-refractivity contribution in [3.05, 3.63) is 47.0 Å². The fourth-order valence-electron chi connectivity index (χ4n) is 3.04. The van der Waals surface area contributed by atoms with Gasteiger partial charge >= 0.3 is 5.97 Å². The molecule has 4 nitrogen and oxygen atoms in total. The van der Waals surface area contributed by atoms with Gasteiger partial charge in [0.15, 0.2) is 5.78 Å². The number of allylic oxidation sites excluding steroid dienone is 1. The van der Waals surface area contributed by atoms with Crippen LogP contribution in [0.5, 0.6) is 0 Å². The van der Waals surface area contributed by atoms with Crippen LogP contribution in [-0.2, 0) is 26.3 Å². The topological polar surface area (TPSA) is 63.6 Å². The van der Waals surface area contributed by atoms with Crippen molar-refractivity contribution in [2.45, 2.75) is 52.6 Å². The van der Waals surface area contributed by atoms with Gasteiger partial charge in [0.2, 0.25) is 5.60 Å². The van der Waals surface area contributed by atoms with Crippen molar-refractivity contribution in [2.24, 2.45) is 5.41 Å². The van der Waals surface area contributed by atoms with Gasteiger partial charge in [0.25, 0.3) is 0 Å². The number of rotatable bonds is 5. The minimum absolute atomic E-state index is 0.129.